The molecule has 0 aromatic carbocycles. The molecule has 0 bridgehead atoms. The van der Waals surface area contributed by atoms with Crippen LogP contribution in [0.5, 0.6) is 0 Å². The Kier molecular flexibility index (Phi) is 5.02. The van der Waals surface area contributed by atoms with E-state index < -0.39 is 35.5 Å². The molecule has 8 nitrogen and oxygen atoms in total. The standard InChI is InChI=1S/C15H19NO7/c1-15(13(19)20)9-5-3-2-4-6-10(15)22-14(21)23-16-11(17)7-8-12(16)18/h2,4,10H,3,5-9H2,1H3,(H,19,20). The normalized spacial score (nSPS) is 28.2. The lowest BCUT2D eigenvalue weighted by Crippen LogP contribution is -2.44. The Hall–Kier alpha value is -2.38. The first-order chi connectivity index (χ1) is 10.8. The Balaban J connectivity index is 2.07. The zero-order valence-corrected chi connectivity index (χ0v) is 12.8. The van der Waals surface area contributed by atoms with E-state index in [2.05, 4.69) is 4.84 Å². The fraction of sp³-hybridized carbons (Fsp3) is 0.600. The Morgan fingerprint density at radius 2 is 1.91 bits per heavy atom. The minimum absolute atomic E-state index is 0.0227. The van der Waals surface area contributed by atoms with Crippen LogP contribution >= 0.6 is 0 Å². The van der Waals surface area contributed by atoms with Crippen molar-refractivity contribution in [2.75, 3.05) is 0 Å². The van der Waals surface area contributed by atoms with Gasteiger partial charge in [-0.2, -0.15) is 0 Å². The monoisotopic (exact) mass is 325 g/mol. The van der Waals surface area contributed by atoms with Crippen LogP contribution in [0.15, 0.2) is 12.2 Å². The average Bonchev–Trinajstić information content (AvgIpc) is 2.78. The van der Waals surface area contributed by atoms with E-state index in [1.54, 1.807) is 6.08 Å². The van der Waals surface area contributed by atoms with Gasteiger partial charge in [-0.1, -0.05) is 17.2 Å². The van der Waals surface area contributed by atoms with Gasteiger partial charge >= 0.3 is 12.1 Å². The lowest BCUT2D eigenvalue weighted by Gasteiger charge is -2.33. The summed E-state index contributed by atoms with van der Waals surface area (Å²) in [5.41, 5.74) is -1.26. The first kappa shape index (κ1) is 17.0. The topological polar surface area (TPSA) is 110 Å². The van der Waals surface area contributed by atoms with Crippen LogP contribution in [0, 0.1) is 5.41 Å². The molecule has 0 aromatic heterocycles. The fourth-order valence-electron chi connectivity index (χ4n) is 2.64. The molecule has 0 saturated carbocycles. The molecule has 2 unspecified atom stereocenters. The van der Waals surface area contributed by atoms with Crippen LogP contribution < -0.4 is 0 Å². The molecule has 0 radical (unpaired) electrons. The number of hydrogen-bond donors (Lipinski definition) is 1. The molecule has 126 valence electrons. The predicted octanol–water partition coefficient (Wildman–Crippen LogP) is 1.79. The lowest BCUT2D eigenvalue weighted by molar-refractivity contribution is -0.183. The van der Waals surface area contributed by atoms with E-state index in [-0.39, 0.29) is 19.3 Å². The van der Waals surface area contributed by atoms with Gasteiger partial charge in [0.25, 0.3) is 11.8 Å². The van der Waals surface area contributed by atoms with Crippen LogP contribution in [0.2, 0.25) is 0 Å². The molecule has 1 aliphatic heterocycles. The molecule has 1 heterocycles. The van der Waals surface area contributed by atoms with Crippen molar-refractivity contribution in [2.45, 2.75) is 51.6 Å². The van der Waals surface area contributed by atoms with Crippen LogP contribution in [-0.4, -0.2) is 40.2 Å². The summed E-state index contributed by atoms with van der Waals surface area (Å²) in [6.07, 6.45) is 3.38. The minimum atomic E-state index is -1.26. The number of carbonyl (C=O) groups excluding carboxylic acids is 3. The number of allylic oxidation sites excluding steroid dienone is 1. The van der Waals surface area contributed by atoms with Gasteiger partial charge in [-0.05, 0) is 26.2 Å². The minimum Gasteiger partial charge on any atom is -0.481 e. The Morgan fingerprint density at radius 3 is 2.52 bits per heavy atom. The van der Waals surface area contributed by atoms with Gasteiger partial charge in [0.15, 0.2) is 0 Å². The van der Waals surface area contributed by atoms with Crippen molar-refractivity contribution in [1.29, 1.82) is 0 Å². The second kappa shape index (κ2) is 6.80. The van der Waals surface area contributed by atoms with Gasteiger partial charge in [-0.3, -0.25) is 19.2 Å². The molecule has 8 heteroatoms. The van der Waals surface area contributed by atoms with Crippen molar-refractivity contribution in [3.63, 3.8) is 0 Å². The summed E-state index contributed by atoms with van der Waals surface area (Å²) in [5, 5.41) is 9.87. The molecule has 0 aromatic rings. The highest BCUT2D eigenvalue weighted by Gasteiger charge is 2.44. The van der Waals surface area contributed by atoms with Crippen molar-refractivity contribution in [2.24, 2.45) is 5.41 Å². The third-order valence-electron chi connectivity index (χ3n) is 4.19. The van der Waals surface area contributed by atoms with Crippen LogP contribution in [-0.2, 0) is 24.0 Å². The van der Waals surface area contributed by atoms with Gasteiger partial charge in [0.2, 0.25) is 0 Å². The zero-order chi connectivity index (χ0) is 17.0. The lowest BCUT2D eigenvalue weighted by atomic mass is 9.77. The molecule has 23 heavy (non-hydrogen) atoms. The molecule has 1 aliphatic carbocycles. The van der Waals surface area contributed by atoms with Crippen molar-refractivity contribution in [3.8, 4) is 0 Å². The second-order valence-corrected chi connectivity index (χ2v) is 5.85. The van der Waals surface area contributed by atoms with E-state index >= 15 is 0 Å². The SMILES string of the molecule is CC1(C(=O)O)CCCC=CCC1OC(=O)ON1C(=O)CCC1=O. The summed E-state index contributed by atoms with van der Waals surface area (Å²) < 4.78 is 5.12. The molecule has 2 amide bonds. The molecule has 1 N–H and O–H groups in total. The molecular weight excluding hydrogens is 306 g/mol. The maximum absolute atomic E-state index is 11.9. The number of hydroxylamine groups is 2. The van der Waals surface area contributed by atoms with Crippen molar-refractivity contribution in [1.82, 2.24) is 5.06 Å². The fourth-order valence-corrected chi connectivity index (χ4v) is 2.64. The van der Waals surface area contributed by atoms with Gasteiger partial charge in [0, 0.05) is 19.3 Å². The van der Waals surface area contributed by atoms with Crippen molar-refractivity contribution >= 4 is 23.9 Å². The van der Waals surface area contributed by atoms with Crippen LogP contribution in [0.1, 0.15) is 45.4 Å². The number of carboxylic acid groups (broad SMARTS) is 1. The van der Waals surface area contributed by atoms with E-state index in [1.165, 1.54) is 6.92 Å². The van der Waals surface area contributed by atoms with Gasteiger partial charge in [-0.15, -0.1) is 0 Å². The van der Waals surface area contributed by atoms with E-state index in [1.807, 2.05) is 6.08 Å². The van der Waals surface area contributed by atoms with Gasteiger partial charge in [0.1, 0.15) is 11.5 Å². The largest absolute Gasteiger partial charge is 0.534 e. The van der Waals surface area contributed by atoms with Crippen LogP contribution in [0.4, 0.5) is 4.79 Å². The number of amides is 2. The smallest absolute Gasteiger partial charge is 0.481 e. The van der Waals surface area contributed by atoms with E-state index in [9.17, 15) is 24.3 Å². The molecular formula is C15H19NO7. The predicted molar refractivity (Wildman–Crippen MR) is 75.8 cm³/mol. The number of carboxylic acids is 1. The number of ether oxygens (including phenoxy) is 1. The number of hydrogen-bond acceptors (Lipinski definition) is 6. The quantitative estimate of drug-likeness (QED) is 0.478. The average molecular weight is 325 g/mol. The zero-order valence-electron chi connectivity index (χ0n) is 12.8. The van der Waals surface area contributed by atoms with Crippen LogP contribution in [0.25, 0.3) is 0 Å². The Morgan fingerprint density at radius 1 is 1.26 bits per heavy atom. The molecule has 2 rings (SSSR count). The van der Waals surface area contributed by atoms with E-state index in [0.29, 0.717) is 17.9 Å². The first-order valence-corrected chi connectivity index (χ1v) is 7.47. The van der Waals surface area contributed by atoms with Crippen molar-refractivity contribution < 1.29 is 33.9 Å². The van der Waals surface area contributed by atoms with Gasteiger partial charge < -0.3 is 9.84 Å². The highest BCUT2D eigenvalue weighted by Crippen LogP contribution is 2.35. The number of rotatable bonds is 3. The Labute approximate surface area is 133 Å². The van der Waals surface area contributed by atoms with E-state index in [0.717, 1.165) is 6.42 Å². The molecule has 2 aliphatic rings. The number of imide groups is 1. The molecule has 1 fully saturated rings. The summed E-state index contributed by atoms with van der Waals surface area (Å²) in [5.74, 6) is -2.31. The summed E-state index contributed by atoms with van der Waals surface area (Å²) >= 11 is 0. The number of aliphatic carboxylic acids is 1. The Bertz CT molecular complexity index is 540. The molecule has 2 atom stereocenters. The molecule has 1 saturated heterocycles. The molecule has 0 spiro atoms. The highest BCUT2D eigenvalue weighted by molar-refractivity contribution is 6.01. The maximum Gasteiger partial charge on any atom is 0.534 e. The van der Waals surface area contributed by atoms with Gasteiger partial charge in [-0.25, -0.2) is 4.79 Å². The number of carbonyl (C=O) groups is 4. The third kappa shape index (κ3) is 3.69. The van der Waals surface area contributed by atoms with Gasteiger partial charge in [0.05, 0.1) is 0 Å². The van der Waals surface area contributed by atoms with Crippen molar-refractivity contribution in [3.05, 3.63) is 12.2 Å². The maximum atomic E-state index is 11.9. The van der Waals surface area contributed by atoms with Crippen LogP contribution in [0.3, 0.4) is 0 Å². The number of nitrogens with zero attached hydrogens (tertiary/aromatic N) is 1. The van der Waals surface area contributed by atoms with E-state index in [4.69, 9.17) is 4.74 Å². The summed E-state index contributed by atoms with van der Waals surface area (Å²) in [6, 6.07) is 0. The summed E-state index contributed by atoms with van der Waals surface area (Å²) in [6.45, 7) is 1.51. The highest BCUT2D eigenvalue weighted by atomic mass is 16.8. The summed E-state index contributed by atoms with van der Waals surface area (Å²) in [4.78, 5) is 50.9. The summed E-state index contributed by atoms with van der Waals surface area (Å²) in [7, 11) is 0. The second-order valence-electron chi connectivity index (χ2n) is 5.85. The third-order valence-corrected chi connectivity index (χ3v) is 4.19. The first-order valence-electron chi connectivity index (χ1n) is 7.47.